The molecule has 0 radical (unpaired) electrons. The van der Waals surface area contributed by atoms with Crippen LogP contribution in [-0.2, 0) is 10.8 Å². The number of rotatable bonds is 6. The van der Waals surface area contributed by atoms with Gasteiger partial charge in [0.15, 0.2) is 0 Å². The molecule has 0 fully saturated rings. The van der Waals surface area contributed by atoms with E-state index in [1.165, 1.54) is 89.1 Å². The zero-order chi connectivity index (χ0) is 40.4. The summed E-state index contributed by atoms with van der Waals surface area (Å²) in [7, 11) is 0. The molecule has 1 heteroatoms. The second-order valence-corrected chi connectivity index (χ2v) is 17.3. The Labute approximate surface area is 353 Å². The van der Waals surface area contributed by atoms with Gasteiger partial charge in [0.2, 0.25) is 0 Å². The smallest absolute Gasteiger partial charge is 0.0726 e. The molecule has 9 aromatic carbocycles. The van der Waals surface area contributed by atoms with E-state index in [0.717, 1.165) is 11.4 Å². The molecule has 0 atom stereocenters. The van der Waals surface area contributed by atoms with Crippen LogP contribution in [0.2, 0.25) is 0 Å². The van der Waals surface area contributed by atoms with E-state index in [1.54, 1.807) is 0 Å². The number of benzene rings is 9. The Morgan fingerprint density at radius 1 is 0.317 bits per heavy atom. The molecule has 0 heterocycles. The van der Waals surface area contributed by atoms with Crippen LogP contribution < -0.4 is 4.90 Å². The average molecular weight is 768 g/mol. The number of fused-ring (bicyclic) bond motifs is 10. The van der Waals surface area contributed by atoms with Crippen LogP contribution in [0.3, 0.4) is 0 Å². The standard InChI is InChI=1S/C59H45N/c1-58(2,3)56-38-44(41-22-9-5-10-23-41)37-51(42-24-11-6-12-25-42)57(56)60(45-27-19-26-43(36-45)40-20-7-4-8-21-40)46-34-35-50-49-30-15-18-33-54(49)59(55(50)39-46)52-31-16-13-28-47(52)48-29-14-17-32-53(48)59/h4-39H,1-3H3. The highest BCUT2D eigenvalue weighted by Gasteiger charge is 2.51. The SMILES string of the molecule is CC(C)(C)c1cc(-c2ccccc2)cc(-c2ccccc2)c1N(c1cccc(-c2ccccc2)c1)c1ccc2c(c1)C1(c3ccccc3-c3ccccc31)c1ccccc1-2. The van der Waals surface area contributed by atoms with Crippen molar-refractivity contribution < 1.29 is 0 Å². The van der Waals surface area contributed by atoms with Crippen LogP contribution >= 0.6 is 0 Å². The molecule has 0 saturated carbocycles. The second-order valence-electron chi connectivity index (χ2n) is 17.3. The highest BCUT2D eigenvalue weighted by atomic mass is 15.1. The average Bonchev–Trinajstić information content (AvgIpc) is 3.77. The minimum absolute atomic E-state index is 0.212. The molecule has 2 aliphatic carbocycles. The monoisotopic (exact) mass is 767 g/mol. The van der Waals surface area contributed by atoms with Crippen molar-refractivity contribution in [2.45, 2.75) is 31.6 Å². The quantitative estimate of drug-likeness (QED) is 0.163. The molecule has 0 aliphatic heterocycles. The summed E-state index contributed by atoms with van der Waals surface area (Å²) in [6, 6.07) is 81.1. The molecule has 1 spiro atoms. The number of hydrogen-bond acceptors (Lipinski definition) is 1. The summed E-state index contributed by atoms with van der Waals surface area (Å²) >= 11 is 0. The third-order valence-corrected chi connectivity index (χ3v) is 12.8. The maximum absolute atomic E-state index is 2.56. The Hall–Kier alpha value is -7.22. The van der Waals surface area contributed by atoms with E-state index in [4.69, 9.17) is 0 Å². The molecular weight excluding hydrogens is 723 g/mol. The van der Waals surface area contributed by atoms with E-state index in [-0.39, 0.29) is 5.41 Å². The van der Waals surface area contributed by atoms with Crippen molar-refractivity contribution in [3.8, 4) is 55.6 Å². The zero-order valence-electron chi connectivity index (χ0n) is 34.2. The van der Waals surface area contributed by atoms with Crippen molar-refractivity contribution >= 4 is 17.1 Å². The normalized spacial score (nSPS) is 13.1. The molecule has 0 saturated heterocycles. The fourth-order valence-corrected chi connectivity index (χ4v) is 10.2. The minimum Gasteiger partial charge on any atom is -0.310 e. The molecule has 11 rings (SSSR count). The van der Waals surface area contributed by atoms with Gasteiger partial charge in [0.05, 0.1) is 11.1 Å². The van der Waals surface area contributed by atoms with Crippen molar-refractivity contribution in [1.29, 1.82) is 0 Å². The first-order valence-corrected chi connectivity index (χ1v) is 21.1. The fraction of sp³-hybridized carbons (Fsp3) is 0.0847. The molecule has 0 N–H and O–H groups in total. The van der Waals surface area contributed by atoms with E-state index < -0.39 is 5.41 Å². The van der Waals surface area contributed by atoms with Gasteiger partial charge >= 0.3 is 0 Å². The first-order chi connectivity index (χ1) is 29.4. The molecule has 60 heavy (non-hydrogen) atoms. The van der Waals surface area contributed by atoms with Crippen molar-refractivity contribution in [2.24, 2.45) is 0 Å². The summed E-state index contributed by atoms with van der Waals surface area (Å²) in [6.07, 6.45) is 0. The van der Waals surface area contributed by atoms with Gasteiger partial charge in [-0.05, 0) is 120 Å². The molecule has 1 nitrogen and oxygen atoms in total. The largest absolute Gasteiger partial charge is 0.310 e. The van der Waals surface area contributed by atoms with Gasteiger partial charge < -0.3 is 4.90 Å². The summed E-state index contributed by atoms with van der Waals surface area (Å²) in [6.45, 7) is 7.07. The Morgan fingerprint density at radius 3 is 1.32 bits per heavy atom. The molecule has 0 unspecified atom stereocenters. The van der Waals surface area contributed by atoms with Crippen LogP contribution in [0, 0.1) is 0 Å². The van der Waals surface area contributed by atoms with Crippen LogP contribution in [0.4, 0.5) is 17.1 Å². The first kappa shape index (κ1) is 35.9. The van der Waals surface area contributed by atoms with Crippen LogP contribution in [0.1, 0.15) is 48.6 Å². The number of hydrogen-bond donors (Lipinski definition) is 0. The molecule has 0 aromatic heterocycles. The predicted molar refractivity (Wildman–Crippen MR) is 252 cm³/mol. The van der Waals surface area contributed by atoms with Crippen LogP contribution in [0.25, 0.3) is 55.6 Å². The molecule has 286 valence electrons. The van der Waals surface area contributed by atoms with Crippen LogP contribution in [-0.4, -0.2) is 0 Å². The Balaban J connectivity index is 1.25. The summed E-state index contributed by atoms with van der Waals surface area (Å²) < 4.78 is 0. The van der Waals surface area contributed by atoms with Crippen molar-refractivity contribution in [3.05, 3.63) is 246 Å². The van der Waals surface area contributed by atoms with Crippen molar-refractivity contribution in [3.63, 3.8) is 0 Å². The Kier molecular flexibility index (Phi) is 8.36. The minimum atomic E-state index is -0.459. The lowest BCUT2D eigenvalue weighted by Gasteiger charge is -2.36. The fourth-order valence-electron chi connectivity index (χ4n) is 10.2. The summed E-state index contributed by atoms with van der Waals surface area (Å²) in [5, 5.41) is 0. The van der Waals surface area contributed by atoms with Gasteiger partial charge in [-0.25, -0.2) is 0 Å². The summed E-state index contributed by atoms with van der Waals surface area (Å²) in [5.41, 5.74) is 21.8. The van der Waals surface area contributed by atoms with Crippen molar-refractivity contribution in [2.75, 3.05) is 4.90 Å². The van der Waals surface area contributed by atoms with Gasteiger partial charge in [0, 0.05) is 16.9 Å². The highest BCUT2D eigenvalue weighted by Crippen LogP contribution is 2.63. The van der Waals surface area contributed by atoms with Crippen LogP contribution in [0.5, 0.6) is 0 Å². The van der Waals surface area contributed by atoms with Gasteiger partial charge in [-0.2, -0.15) is 0 Å². The molecule has 9 aromatic rings. The molecule has 0 amide bonds. The number of anilines is 3. The third-order valence-electron chi connectivity index (χ3n) is 12.8. The Morgan fingerprint density at radius 2 is 0.767 bits per heavy atom. The van der Waals surface area contributed by atoms with E-state index in [9.17, 15) is 0 Å². The predicted octanol–water partition coefficient (Wildman–Crippen LogP) is 15.8. The third kappa shape index (κ3) is 5.53. The van der Waals surface area contributed by atoms with Crippen LogP contribution in [0.15, 0.2) is 218 Å². The Bertz CT molecular complexity index is 3000. The summed E-state index contributed by atoms with van der Waals surface area (Å²) in [4.78, 5) is 2.56. The number of nitrogens with zero attached hydrogens (tertiary/aromatic N) is 1. The van der Waals surface area contributed by atoms with Gasteiger partial charge in [0.25, 0.3) is 0 Å². The zero-order valence-corrected chi connectivity index (χ0v) is 34.2. The molecule has 0 bridgehead atoms. The lowest BCUT2D eigenvalue weighted by Crippen LogP contribution is -2.26. The lowest BCUT2D eigenvalue weighted by molar-refractivity contribution is 0.591. The van der Waals surface area contributed by atoms with E-state index in [0.29, 0.717) is 0 Å². The lowest BCUT2D eigenvalue weighted by atomic mass is 9.70. The van der Waals surface area contributed by atoms with E-state index in [2.05, 4.69) is 244 Å². The maximum atomic E-state index is 2.56. The van der Waals surface area contributed by atoms with E-state index in [1.807, 2.05) is 0 Å². The summed E-state index contributed by atoms with van der Waals surface area (Å²) in [5.74, 6) is 0. The highest BCUT2D eigenvalue weighted by molar-refractivity contribution is 5.98. The molecular formula is C59H45N. The van der Waals surface area contributed by atoms with Gasteiger partial charge in [-0.15, -0.1) is 0 Å². The van der Waals surface area contributed by atoms with Gasteiger partial charge in [-0.1, -0.05) is 203 Å². The van der Waals surface area contributed by atoms with Gasteiger partial charge in [0.1, 0.15) is 0 Å². The molecule has 2 aliphatic rings. The first-order valence-electron chi connectivity index (χ1n) is 21.1. The maximum Gasteiger partial charge on any atom is 0.0726 e. The van der Waals surface area contributed by atoms with E-state index >= 15 is 0 Å². The second kappa shape index (κ2) is 14.0. The van der Waals surface area contributed by atoms with Crippen molar-refractivity contribution in [1.82, 2.24) is 0 Å². The van der Waals surface area contributed by atoms with Gasteiger partial charge in [-0.3, -0.25) is 0 Å². The topological polar surface area (TPSA) is 3.24 Å².